The molecule has 0 saturated carbocycles. The Morgan fingerprint density at radius 1 is 1.21 bits per heavy atom. The van der Waals surface area contributed by atoms with Crippen LogP contribution < -0.4 is 0 Å². The largest absolute Gasteiger partial charge is 0.422 e. The van der Waals surface area contributed by atoms with Crippen LogP contribution in [0.2, 0.25) is 18.1 Å². The second-order valence-corrected chi connectivity index (χ2v) is 13.0. The number of rotatable bonds is 3. The van der Waals surface area contributed by atoms with Crippen LogP contribution in [0, 0.1) is 0 Å². The van der Waals surface area contributed by atoms with Crippen LogP contribution in [0.1, 0.15) is 41.5 Å². The normalized spacial score (nSPS) is 32.9. The number of cyclic esters (lactones) is 1. The van der Waals surface area contributed by atoms with Gasteiger partial charge in [-0.15, -0.1) is 0 Å². The molecule has 0 aliphatic carbocycles. The number of ether oxygens (including phenoxy) is 4. The highest BCUT2D eigenvalue weighted by Gasteiger charge is 2.59. The van der Waals surface area contributed by atoms with Crippen molar-refractivity contribution in [3.8, 4) is 0 Å². The van der Waals surface area contributed by atoms with Crippen molar-refractivity contribution in [1.82, 2.24) is 0 Å². The Morgan fingerprint density at radius 2 is 1.79 bits per heavy atom. The van der Waals surface area contributed by atoms with Crippen LogP contribution in [0.15, 0.2) is 0 Å². The Balaban J connectivity index is 2.33. The molecule has 8 heteroatoms. The van der Waals surface area contributed by atoms with Crippen molar-refractivity contribution in [2.45, 2.75) is 90.1 Å². The number of hydrogen-bond acceptors (Lipinski definition) is 7. The van der Waals surface area contributed by atoms with Crippen LogP contribution in [0.25, 0.3) is 0 Å². The summed E-state index contributed by atoms with van der Waals surface area (Å²) < 4.78 is 28.4. The second kappa shape index (κ2) is 6.08. The predicted octanol–water partition coefficient (Wildman–Crippen LogP) is 2.34. The Hall–Kier alpha value is -0.963. The van der Waals surface area contributed by atoms with E-state index in [2.05, 4.69) is 33.9 Å². The summed E-state index contributed by atoms with van der Waals surface area (Å²) in [5, 5.41) is -0.0697. The van der Waals surface area contributed by atoms with Crippen molar-refractivity contribution in [3.05, 3.63) is 0 Å². The van der Waals surface area contributed by atoms with Crippen LogP contribution in [0.5, 0.6) is 0 Å². The average molecular weight is 360 g/mol. The zero-order chi connectivity index (χ0) is 18.5. The van der Waals surface area contributed by atoms with Crippen molar-refractivity contribution in [1.29, 1.82) is 0 Å². The van der Waals surface area contributed by atoms with Gasteiger partial charge in [0.25, 0.3) is 6.29 Å². The molecule has 0 aromatic heterocycles. The van der Waals surface area contributed by atoms with E-state index in [1.165, 1.54) is 6.92 Å². The van der Waals surface area contributed by atoms with E-state index in [-0.39, 0.29) is 5.04 Å². The highest BCUT2D eigenvalue weighted by atomic mass is 28.4. The maximum atomic E-state index is 12.2. The minimum absolute atomic E-state index is 0.0697. The van der Waals surface area contributed by atoms with Crippen molar-refractivity contribution in [2.24, 2.45) is 0 Å². The highest BCUT2D eigenvalue weighted by molar-refractivity contribution is 6.74. The molecular weight excluding hydrogens is 332 g/mol. The van der Waals surface area contributed by atoms with E-state index in [4.69, 9.17) is 23.4 Å². The molecule has 2 fully saturated rings. The smallest absolute Gasteiger partial charge is 0.341 e. The number of carbonyl (C=O) groups excluding carboxylic acids is 2. The van der Waals surface area contributed by atoms with Gasteiger partial charge < -0.3 is 23.4 Å². The van der Waals surface area contributed by atoms with Gasteiger partial charge in [0, 0.05) is 6.92 Å². The van der Waals surface area contributed by atoms with E-state index in [1.54, 1.807) is 13.8 Å². The fourth-order valence-corrected chi connectivity index (χ4v) is 3.79. The first-order valence-corrected chi connectivity index (χ1v) is 11.1. The van der Waals surface area contributed by atoms with Gasteiger partial charge in [0.1, 0.15) is 12.2 Å². The predicted molar refractivity (Wildman–Crippen MR) is 87.5 cm³/mol. The molecule has 138 valence electrons. The van der Waals surface area contributed by atoms with Crippen LogP contribution in [0.3, 0.4) is 0 Å². The fourth-order valence-electron chi connectivity index (χ4n) is 2.51. The average Bonchev–Trinajstić information content (AvgIpc) is 2.68. The third kappa shape index (κ3) is 3.82. The van der Waals surface area contributed by atoms with Crippen molar-refractivity contribution >= 4 is 20.3 Å². The van der Waals surface area contributed by atoms with E-state index in [1.807, 2.05) is 0 Å². The first-order chi connectivity index (χ1) is 10.7. The van der Waals surface area contributed by atoms with Crippen molar-refractivity contribution in [2.75, 3.05) is 0 Å². The summed E-state index contributed by atoms with van der Waals surface area (Å²) in [4.78, 5) is 23.6. The van der Waals surface area contributed by atoms with E-state index in [0.717, 1.165) is 0 Å². The molecule has 0 spiro atoms. The molecule has 0 radical (unpaired) electrons. The van der Waals surface area contributed by atoms with Crippen LogP contribution in [-0.2, 0) is 33.0 Å². The molecule has 2 rings (SSSR count). The SMILES string of the molecule is CC(=O)O[C@H]1OC(=O)[C@@H]2OC(C)(C)O[C@@H]2[C@@H]1O[Si](C)(C)C(C)(C)C. The first-order valence-electron chi connectivity index (χ1n) is 8.15. The summed E-state index contributed by atoms with van der Waals surface area (Å²) in [6.45, 7) is 15.2. The lowest BCUT2D eigenvalue weighted by atomic mass is 10.1. The summed E-state index contributed by atoms with van der Waals surface area (Å²) in [5.41, 5.74) is 0. The van der Waals surface area contributed by atoms with E-state index < -0.39 is 50.6 Å². The van der Waals surface area contributed by atoms with E-state index in [9.17, 15) is 9.59 Å². The van der Waals surface area contributed by atoms with Crippen LogP contribution in [0.4, 0.5) is 0 Å². The third-order valence-electron chi connectivity index (χ3n) is 4.70. The topological polar surface area (TPSA) is 80.3 Å². The summed E-state index contributed by atoms with van der Waals surface area (Å²) in [6.07, 6.45) is -3.43. The lowest BCUT2D eigenvalue weighted by Gasteiger charge is -2.44. The van der Waals surface area contributed by atoms with Gasteiger partial charge in [-0.05, 0) is 32.0 Å². The molecule has 2 heterocycles. The molecule has 7 nitrogen and oxygen atoms in total. The molecule has 0 aromatic carbocycles. The number of carbonyl (C=O) groups is 2. The molecular formula is C16H28O7Si. The van der Waals surface area contributed by atoms with Gasteiger partial charge in [-0.3, -0.25) is 4.79 Å². The van der Waals surface area contributed by atoms with Crippen LogP contribution in [-0.4, -0.2) is 50.6 Å². The Kier molecular flexibility index (Phi) is 4.91. The van der Waals surface area contributed by atoms with Crippen LogP contribution >= 0.6 is 0 Å². The third-order valence-corrected chi connectivity index (χ3v) is 9.18. The van der Waals surface area contributed by atoms with Crippen molar-refractivity contribution < 1.29 is 33.0 Å². The maximum Gasteiger partial charge on any atom is 0.341 e. The van der Waals surface area contributed by atoms with Gasteiger partial charge in [0.05, 0.1) is 0 Å². The summed E-state index contributed by atoms with van der Waals surface area (Å²) in [5.74, 6) is -2.09. The zero-order valence-corrected chi connectivity index (χ0v) is 16.7. The number of hydrogen-bond donors (Lipinski definition) is 0. The minimum atomic E-state index is -2.23. The van der Waals surface area contributed by atoms with Gasteiger partial charge in [0.15, 0.2) is 20.2 Å². The Bertz CT molecular complexity index is 523. The van der Waals surface area contributed by atoms with Gasteiger partial charge in [-0.25, -0.2) is 4.79 Å². The molecule has 0 bridgehead atoms. The molecule has 4 atom stereocenters. The molecule has 0 unspecified atom stereocenters. The van der Waals surface area contributed by atoms with E-state index in [0.29, 0.717) is 0 Å². The Morgan fingerprint density at radius 3 is 2.29 bits per heavy atom. The highest BCUT2D eigenvalue weighted by Crippen LogP contribution is 2.42. The quantitative estimate of drug-likeness (QED) is 0.564. The monoisotopic (exact) mass is 360 g/mol. The van der Waals surface area contributed by atoms with Gasteiger partial charge in [0.2, 0.25) is 0 Å². The summed E-state index contributed by atoms with van der Waals surface area (Å²) in [7, 11) is -2.23. The fraction of sp³-hybridized carbons (Fsp3) is 0.875. The lowest BCUT2D eigenvalue weighted by Crippen LogP contribution is -2.60. The molecule has 0 amide bonds. The van der Waals surface area contributed by atoms with Gasteiger partial charge in [-0.1, -0.05) is 20.8 Å². The molecule has 0 aromatic rings. The van der Waals surface area contributed by atoms with E-state index >= 15 is 0 Å². The molecule has 2 aliphatic rings. The Labute approximate surface area is 144 Å². The van der Waals surface area contributed by atoms with Crippen molar-refractivity contribution in [3.63, 3.8) is 0 Å². The molecule has 2 saturated heterocycles. The second-order valence-electron chi connectivity index (χ2n) is 8.28. The standard InChI is InChI=1S/C16H28O7Si/c1-9(17)19-14-12(23-24(7,8)15(2,3)4)10-11(13(18)20-14)22-16(5,6)21-10/h10-12,14H,1-8H3/t10-,11+,12-,14-/m0/s1. The number of esters is 2. The molecule has 0 N–H and O–H groups in total. The molecule has 24 heavy (non-hydrogen) atoms. The van der Waals surface area contributed by atoms with Gasteiger partial charge >= 0.3 is 11.9 Å². The maximum absolute atomic E-state index is 12.2. The lowest BCUT2D eigenvalue weighted by molar-refractivity contribution is -0.234. The number of fused-ring (bicyclic) bond motifs is 1. The minimum Gasteiger partial charge on any atom is -0.422 e. The summed E-state index contributed by atoms with van der Waals surface area (Å²) >= 11 is 0. The first kappa shape index (κ1) is 19.4. The summed E-state index contributed by atoms with van der Waals surface area (Å²) in [6, 6.07) is 0. The molecule has 2 aliphatic heterocycles. The van der Waals surface area contributed by atoms with Gasteiger partial charge in [-0.2, -0.15) is 0 Å². The zero-order valence-electron chi connectivity index (χ0n) is 15.7.